The maximum Gasteiger partial charge on any atom is 0.471 e. The Morgan fingerprint density at radius 1 is 1.06 bits per heavy atom. The van der Waals surface area contributed by atoms with E-state index in [0.29, 0.717) is 31.7 Å². The summed E-state index contributed by atoms with van der Waals surface area (Å²) in [6.45, 7) is 13.0. The Hall–Kier alpha value is -3.14. The van der Waals surface area contributed by atoms with Crippen LogP contribution in [0.5, 0.6) is 0 Å². The van der Waals surface area contributed by atoms with Gasteiger partial charge in [0.15, 0.2) is 0 Å². The largest absolute Gasteiger partial charge is 0.471 e. The number of ether oxygens (including phenoxy) is 3. The molecule has 1 aliphatic heterocycles. The summed E-state index contributed by atoms with van der Waals surface area (Å²) in [5, 5.41) is 14.7. The normalized spacial score (nSPS) is 23.4. The minimum Gasteiger partial charge on any atom is -0.464 e. The number of allylic oxidation sites excluding steroid dienone is 1. The number of aliphatic hydroxyl groups excluding tert-OH is 1. The number of esters is 2. The van der Waals surface area contributed by atoms with Gasteiger partial charge in [0.1, 0.15) is 23.2 Å². The van der Waals surface area contributed by atoms with E-state index in [4.69, 9.17) is 14.2 Å². The van der Waals surface area contributed by atoms with Gasteiger partial charge in [0.05, 0.1) is 25.9 Å². The number of hydrogen-bond donors (Lipinski definition) is 3. The number of halogens is 3. The Bertz CT molecular complexity index is 1190. The highest BCUT2D eigenvalue weighted by Crippen LogP contribution is 2.46. The monoisotopic (exact) mass is 707 g/mol. The fourth-order valence-electron chi connectivity index (χ4n) is 5.19. The molecule has 12 nitrogen and oxygen atoms in total. The second kappa shape index (κ2) is 17.0. The molecular weight excluding hydrogens is 655 g/mol. The third-order valence-electron chi connectivity index (χ3n) is 7.89. The highest BCUT2D eigenvalue weighted by atomic mass is 28.3. The molecule has 0 aromatic carbocycles. The van der Waals surface area contributed by atoms with E-state index >= 15 is 0 Å². The summed E-state index contributed by atoms with van der Waals surface area (Å²) >= 11 is 0. The molecule has 2 rings (SSSR count). The van der Waals surface area contributed by atoms with Crippen molar-refractivity contribution in [3.05, 3.63) is 12.2 Å². The highest BCUT2D eigenvalue weighted by molar-refractivity contribution is 6.76. The van der Waals surface area contributed by atoms with E-state index in [1.54, 1.807) is 39.1 Å². The van der Waals surface area contributed by atoms with Crippen LogP contribution in [0.1, 0.15) is 72.6 Å². The molecule has 1 heterocycles. The molecule has 0 spiro atoms. The quantitative estimate of drug-likeness (QED) is 0.0702. The average molecular weight is 708 g/mol. The average Bonchev–Trinajstić information content (AvgIpc) is 3.48. The number of alkyl halides is 3. The maximum atomic E-state index is 13.3. The van der Waals surface area contributed by atoms with Crippen LogP contribution in [-0.2, 0) is 33.4 Å². The molecule has 3 N–H and O–H groups in total. The van der Waals surface area contributed by atoms with Crippen LogP contribution >= 0.6 is 0 Å². The lowest BCUT2D eigenvalue weighted by Crippen LogP contribution is -2.54. The summed E-state index contributed by atoms with van der Waals surface area (Å²) < 4.78 is 54.3. The highest BCUT2D eigenvalue weighted by Gasteiger charge is 2.62. The Morgan fingerprint density at radius 3 is 2.31 bits per heavy atom. The Morgan fingerprint density at radius 2 is 1.73 bits per heavy atom. The van der Waals surface area contributed by atoms with E-state index in [1.807, 2.05) is 6.08 Å². The van der Waals surface area contributed by atoms with Gasteiger partial charge in [0.2, 0.25) is 5.91 Å². The molecule has 0 aromatic heterocycles. The van der Waals surface area contributed by atoms with Crippen LogP contribution < -0.4 is 10.6 Å². The molecule has 2 aliphatic rings. The zero-order valence-electron chi connectivity index (χ0n) is 29.0. The van der Waals surface area contributed by atoms with Crippen LogP contribution in [0.4, 0.5) is 18.0 Å². The lowest BCUT2D eigenvalue weighted by Gasteiger charge is -2.29. The van der Waals surface area contributed by atoms with Crippen LogP contribution in [0.3, 0.4) is 0 Å². The predicted molar refractivity (Wildman–Crippen MR) is 172 cm³/mol. The van der Waals surface area contributed by atoms with Crippen molar-refractivity contribution >= 4 is 37.9 Å². The number of rotatable bonds is 16. The number of aliphatic hydroxyl groups is 1. The van der Waals surface area contributed by atoms with E-state index in [1.165, 1.54) is 0 Å². The van der Waals surface area contributed by atoms with Crippen molar-refractivity contribution in [3.8, 4) is 0 Å². The van der Waals surface area contributed by atoms with Gasteiger partial charge in [-0.1, -0.05) is 44.6 Å². The van der Waals surface area contributed by atoms with E-state index in [9.17, 15) is 42.3 Å². The summed E-state index contributed by atoms with van der Waals surface area (Å²) in [4.78, 5) is 64.1. The molecule has 1 saturated carbocycles. The summed E-state index contributed by atoms with van der Waals surface area (Å²) in [5.41, 5.74) is -2.13. The smallest absolute Gasteiger partial charge is 0.464 e. The Kier molecular flexibility index (Phi) is 14.5. The van der Waals surface area contributed by atoms with Crippen LogP contribution in [-0.4, -0.2) is 103 Å². The molecule has 0 unspecified atom stereocenters. The van der Waals surface area contributed by atoms with Crippen LogP contribution in [0.25, 0.3) is 0 Å². The second-order valence-corrected chi connectivity index (χ2v) is 20.2. The predicted octanol–water partition coefficient (Wildman–Crippen LogP) is 4.23. The first kappa shape index (κ1) is 41.0. The van der Waals surface area contributed by atoms with Gasteiger partial charge in [0.25, 0.3) is 0 Å². The third-order valence-corrected chi connectivity index (χ3v) is 9.59. The zero-order chi connectivity index (χ0) is 36.5. The fraction of sp³-hybridized carbons (Fsp3) is 0.781. The fourth-order valence-corrected chi connectivity index (χ4v) is 5.91. The molecule has 1 aliphatic carbocycles. The Labute approximate surface area is 281 Å². The summed E-state index contributed by atoms with van der Waals surface area (Å²) in [7, 11) is -1.54. The second-order valence-electron chi connectivity index (χ2n) is 14.6. The molecule has 0 bridgehead atoms. The molecular formula is C32H52F3N3O9Si. The zero-order valence-corrected chi connectivity index (χ0v) is 30.0. The third kappa shape index (κ3) is 13.0. The first-order chi connectivity index (χ1) is 22.1. The Balaban J connectivity index is 1.94. The number of carbonyl (C=O) groups excluding carboxylic acids is 5. The van der Waals surface area contributed by atoms with Gasteiger partial charge >= 0.3 is 30.1 Å². The maximum absolute atomic E-state index is 13.3. The number of hydrogen-bond acceptors (Lipinski definition) is 9. The minimum absolute atomic E-state index is 0.0125. The first-order valence-electron chi connectivity index (χ1n) is 16.5. The number of carbonyl (C=O) groups is 5. The van der Waals surface area contributed by atoms with Crippen LogP contribution in [0.2, 0.25) is 25.7 Å². The topological polar surface area (TPSA) is 161 Å². The van der Waals surface area contributed by atoms with Gasteiger partial charge in [0, 0.05) is 20.4 Å². The van der Waals surface area contributed by atoms with Crippen molar-refractivity contribution in [2.24, 2.45) is 5.92 Å². The van der Waals surface area contributed by atoms with Crippen LogP contribution in [0.15, 0.2) is 12.2 Å². The molecule has 5 atom stereocenters. The van der Waals surface area contributed by atoms with Gasteiger partial charge in [-0.25, -0.2) is 14.4 Å². The number of unbranched alkanes of at least 4 members (excludes halogenated alkanes) is 3. The molecule has 1 saturated heterocycles. The van der Waals surface area contributed by atoms with Gasteiger partial charge in [-0.3, -0.25) is 14.5 Å². The summed E-state index contributed by atoms with van der Waals surface area (Å²) in [6, 6.07) is -1.81. The van der Waals surface area contributed by atoms with Crippen molar-refractivity contribution in [1.29, 1.82) is 0 Å². The number of nitrogens with zero attached hydrogens (tertiary/aromatic N) is 1. The summed E-state index contributed by atoms with van der Waals surface area (Å²) in [5.74, 6) is -4.68. The number of β-amino-alcohol motifs (C(OH)–C–C–N with tert-alkyl or cyclic N) is 1. The molecule has 48 heavy (non-hydrogen) atoms. The van der Waals surface area contributed by atoms with Crippen molar-refractivity contribution in [2.75, 3.05) is 19.8 Å². The van der Waals surface area contributed by atoms with Crippen molar-refractivity contribution in [2.45, 2.75) is 134 Å². The van der Waals surface area contributed by atoms with Gasteiger partial charge in [-0.15, -0.1) is 0 Å². The van der Waals surface area contributed by atoms with Crippen LogP contribution in [0, 0.1) is 5.92 Å². The molecule has 0 radical (unpaired) electrons. The van der Waals surface area contributed by atoms with E-state index in [2.05, 4.69) is 25.0 Å². The van der Waals surface area contributed by atoms with Gasteiger partial charge in [-0.2, -0.15) is 13.2 Å². The van der Waals surface area contributed by atoms with E-state index < -0.39 is 73.4 Å². The van der Waals surface area contributed by atoms with E-state index in [-0.39, 0.29) is 44.9 Å². The minimum atomic E-state index is -5.13. The number of amides is 3. The van der Waals surface area contributed by atoms with Crippen molar-refractivity contribution in [1.82, 2.24) is 15.5 Å². The molecule has 3 amide bonds. The van der Waals surface area contributed by atoms with Gasteiger partial charge in [-0.05, 0) is 59.4 Å². The molecule has 2 fully saturated rings. The molecule has 16 heteroatoms. The van der Waals surface area contributed by atoms with Crippen molar-refractivity contribution < 1.29 is 56.5 Å². The standard InChI is InChI=1S/C32H52F3N3O9Si/c1-8-45-28(43)31(37-25(40)24-18-22(39)20-38(24)29(44)47-30(2,3)4)19-21(31)14-12-10-9-11-13-15-23(36-27(42)32(33,34)35)26(41)46-16-17-48(5,6)7/h12,14,21-24,39H,8-11,13,15-20H2,1-7H3,(H,36,42)(H,37,40)/b14-12-/t21-,22-,23+,24+,31-/m1/s1. The summed E-state index contributed by atoms with van der Waals surface area (Å²) in [6.07, 6.45) is -0.894. The van der Waals surface area contributed by atoms with E-state index in [0.717, 1.165) is 4.90 Å². The molecule has 274 valence electrons. The first-order valence-corrected chi connectivity index (χ1v) is 20.2. The number of nitrogens with one attached hydrogen (secondary N) is 2. The van der Waals surface area contributed by atoms with Gasteiger partial charge < -0.3 is 30.0 Å². The molecule has 0 aromatic rings. The lowest BCUT2D eigenvalue weighted by atomic mass is 10.1. The number of likely N-dealkylation sites (tertiary alicyclic amines) is 1. The van der Waals surface area contributed by atoms with Crippen molar-refractivity contribution in [3.63, 3.8) is 0 Å². The SMILES string of the molecule is CCOC(=O)[C@@]1(NC(=O)[C@@H]2C[C@@H](O)CN2C(=O)OC(C)(C)C)C[C@H]1/C=C\CCCCC[C@H](NC(=O)C(F)(F)F)C(=O)OCC[Si](C)(C)C. The lowest BCUT2D eigenvalue weighted by molar-refractivity contribution is -0.176.